The molecule has 2 saturated carbocycles. The van der Waals surface area contributed by atoms with E-state index < -0.39 is 0 Å². The van der Waals surface area contributed by atoms with Gasteiger partial charge in [-0.2, -0.15) is 0 Å². The minimum absolute atomic E-state index is 0.0597. The molecule has 3 aliphatic rings. The maximum Gasteiger partial charge on any atom is 0.247 e. The summed E-state index contributed by atoms with van der Waals surface area (Å²) >= 11 is 0. The van der Waals surface area contributed by atoms with Gasteiger partial charge in [0, 0.05) is 18.3 Å². The molecular formula is C25H38N4O2. The largest absolute Gasteiger partial charge is 0.497 e. The number of hydrogen-bond donors (Lipinski definition) is 2. The number of likely N-dealkylation sites (tertiary alicyclic amines) is 1. The van der Waals surface area contributed by atoms with Gasteiger partial charge in [-0.3, -0.25) is 4.79 Å². The van der Waals surface area contributed by atoms with E-state index in [1.54, 1.807) is 7.11 Å². The van der Waals surface area contributed by atoms with Crippen molar-refractivity contribution >= 4 is 17.6 Å². The summed E-state index contributed by atoms with van der Waals surface area (Å²) in [5.74, 6) is 1.83. The Labute approximate surface area is 186 Å². The van der Waals surface area contributed by atoms with Crippen LogP contribution in [0, 0.1) is 0 Å². The third-order valence-electron chi connectivity index (χ3n) is 7.00. The van der Waals surface area contributed by atoms with Gasteiger partial charge in [0.1, 0.15) is 11.8 Å². The number of aliphatic imine (C=N–C) groups is 1. The third kappa shape index (κ3) is 5.92. The molecule has 0 spiro atoms. The number of carbonyl (C=O) groups excluding carboxylic acids is 1. The molecule has 1 amide bonds. The Balaban J connectivity index is 1.47. The van der Waals surface area contributed by atoms with Crippen LogP contribution in [0.1, 0.15) is 77.0 Å². The fourth-order valence-electron chi connectivity index (χ4n) is 5.20. The van der Waals surface area contributed by atoms with Crippen molar-refractivity contribution in [2.24, 2.45) is 4.99 Å². The summed E-state index contributed by atoms with van der Waals surface area (Å²) in [6.07, 6.45) is 14.4. The van der Waals surface area contributed by atoms with Gasteiger partial charge in [0.25, 0.3) is 0 Å². The summed E-state index contributed by atoms with van der Waals surface area (Å²) in [7, 11) is 1.65. The Morgan fingerprint density at radius 2 is 1.61 bits per heavy atom. The number of nitrogens with zero attached hydrogens (tertiary/aromatic N) is 2. The molecule has 3 fully saturated rings. The Morgan fingerprint density at radius 1 is 0.935 bits per heavy atom. The number of guanidine groups is 1. The summed E-state index contributed by atoms with van der Waals surface area (Å²) in [4.78, 5) is 20.7. The monoisotopic (exact) mass is 426 g/mol. The van der Waals surface area contributed by atoms with Crippen LogP contribution in [-0.4, -0.2) is 48.5 Å². The number of rotatable bonds is 5. The molecular weight excluding hydrogens is 388 g/mol. The smallest absolute Gasteiger partial charge is 0.247 e. The van der Waals surface area contributed by atoms with Crippen LogP contribution < -0.4 is 15.4 Å². The normalized spacial score (nSPS) is 23.6. The number of nitrogens with one attached hydrogen (secondary N) is 2. The van der Waals surface area contributed by atoms with Crippen LogP contribution in [0.2, 0.25) is 0 Å². The number of carbonyl (C=O) groups is 1. The molecule has 0 radical (unpaired) electrons. The molecule has 4 rings (SSSR count). The molecule has 0 aromatic heterocycles. The SMILES string of the molecule is COc1ccc(NC(=O)[C@@H]2CCCN2C(=NC2CCCCC2)NC2CCCCC2)cc1. The van der Waals surface area contributed by atoms with E-state index in [2.05, 4.69) is 15.5 Å². The first-order valence-corrected chi connectivity index (χ1v) is 12.3. The lowest BCUT2D eigenvalue weighted by molar-refractivity contribution is -0.119. The maximum absolute atomic E-state index is 13.2. The van der Waals surface area contributed by atoms with Crippen molar-refractivity contribution < 1.29 is 9.53 Å². The fourth-order valence-corrected chi connectivity index (χ4v) is 5.20. The quantitative estimate of drug-likeness (QED) is 0.529. The van der Waals surface area contributed by atoms with Crippen molar-refractivity contribution in [2.75, 3.05) is 19.0 Å². The lowest BCUT2D eigenvalue weighted by Crippen LogP contribution is -2.52. The summed E-state index contributed by atoms with van der Waals surface area (Å²) in [5.41, 5.74) is 0.809. The lowest BCUT2D eigenvalue weighted by Gasteiger charge is -2.33. The molecule has 0 unspecified atom stereocenters. The first kappa shape index (κ1) is 22.0. The van der Waals surface area contributed by atoms with E-state index in [1.165, 1.54) is 64.2 Å². The standard InChI is InChI=1S/C25H38N4O2/c1-31-22-16-14-21(15-17-22)26-24(30)23-13-8-18-29(23)25(27-19-9-4-2-5-10-19)28-20-11-6-3-7-12-20/h14-17,19-20,23H,2-13,18H2,1H3,(H,26,30)(H,27,28)/t23-/m0/s1. The first-order chi connectivity index (χ1) is 15.2. The number of benzene rings is 1. The molecule has 1 aliphatic heterocycles. The van der Waals surface area contributed by atoms with Gasteiger partial charge in [0.15, 0.2) is 5.96 Å². The van der Waals surface area contributed by atoms with Gasteiger partial charge in [-0.05, 0) is 62.8 Å². The van der Waals surface area contributed by atoms with E-state index in [0.717, 1.165) is 36.8 Å². The van der Waals surface area contributed by atoms with Gasteiger partial charge in [-0.1, -0.05) is 38.5 Å². The van der Waals surface area contributed by atoms with Crippen molar-refractivity contribution in [1.82, 2.24) is 10.2 Å². The van der Waals surface area contributed by atoms with Gasteiger partial charge in [-0.25, -0.2) is 4.99 Å². The molecule has 1 atom stereocenters. The molecule has 2 N–H and O–H groups in total. The molecule has 2 aliphatic carbocycles. The predicted molar refractivity (Wildman–Crippen MR) is 126 cm³/mol. The summed E-state index contributed by atoms with van der Waals surface area (Å²) in [5, 5.41) is 6.90. The zero-order valence-electron chi connectivity index (χ0n) is 18.9. The van der Waals surface area contributed by atoms with Crippen molar-refractivity contribution in [1.29, 1.82) is 0 Å². The predicted octanol–water partition coefficient (Wildman–Crippen LogP) is 4.71. The Morgan fingerprint density at radius 3 is 2.29 bits per heavy atom. The van der Waals surface area contributed by atoms with E-state index in [-0.39, 0.29) is 11.9 Å². The molecule has 1 aromatic carbocycles. The molecule has 1 saturated heterocycles. The number of hydrogen-bond acceptors (Lipinski definition) is 3. The van der Waals surface area contributed by atoms with E-state index in [9.17, 15) is 4.79 Å². The number of anilines is 1. The highest BCUT2D eigenvalue weighted by Crippen LogP contribution is 2.25. The fraction of sp³-hybridized carbons (Fsp3) is 0.680. The Kier molecular flexibility index (Phi) is 7.71. The first-order valence-electron chi connectivity index (χ1n) is 12.3. The Hall–Kier alpha value is -2.24. The second kappa shape index (κ2) is 10.9. The zero-order valence-corrected chi connectivity index (χ0v) is 18.9. The second-order valence-electron chi connectivity index (χ2n) is 9.29. The van der Waals surface area contributed by atoms with E-state index in [4.69, 9.17) is 9.73 Å². The highest BCUT2D eigenvalue weighted by atomic mass is 16.5. The maximum atomic E-state index is 13.2. The average molecular weight is 427 g/mol. The third-order valence-corrected chi connectivity index (χ3v) is 7.00. The molecule has 6 heteroatoms. The summed E-state index contributed by atoms with van der Waals surface area (Å²) in [6, 6.07) is 8.26. The van der Waals surface area contributed by atoms with Gasteiger partial charge >= 0.3 is 0 Å². The highest BCUT2D eigenvalue weighted by molar-refractivity contribution is 5.98. The van der Waals surface area contributed by atoms with Crippen molar-refractivity contribution in [2.45, 2.75) is 95.2 Å². The molecule has 0 bridgehead atoms. The van der Waals surface area contributed by atoms with Crippen LogP contribution in [0.15, 0.2) is 29.3 Å². The van der Waals surface area contributed by atoms with Crippen LogP contribution in [0.5, 0.6) is 5.75 Å². The van der Waals surface area contributed by atoms with E-state index in [1.807, 2.05) is 24.3 Å². The highest BCUT2D eigenvalue weighted by Gasteiger charge is 2.34. The van der Waals surface area contributed by atoms with Crippen molar-refractivity contribution in [3.63, 3.8) is 0 Å². The van der Waals surface area contributed by atoms with Gasteiger partial charge in [-0.15, -0.1) is 0 Å². The average Bonchev–Trinajstić information content (AvgIpc) is 3.31. The van der Waals surface area contributed by atoms with Crippen molar-refractivity contribution in [3.8, 4) is 5.75 Å². The molecule has 31 heavy (non-hydrogen) atoms. The van der Waals surface area contributed by atoms with E-state index >= 15 is 0 Å². The van der Waals surface area contributed by atoms with Crippen LogP contribution in [0.4, 0.5) is 5.69 Å². The minimum Gasteiger partial charge on any atom is -0.497 e. The zero-order chi connectivity index (χ0) is 21.5. The Bertz CT molecular complexity index is 736. The minimum atomic E-state index is -0.166. The van der Waals surface area contributed by atoms with Crippen LogP contribution >= 0.6 is 0 Å². The lowest BCUT2D eigenvalue weighted by atomic mass is 9.95. The summed E-state index contributed by atoms with van der Waals surface area (Å²) < 4.78 is 5.22. The van der Waals surface area contributed by atoms with Gasteiger partial charge in [0.05, 0.1) is 13.2 Å². The van der Waals surface area contributed by atoms with Gasteiger partial charge in [0.2, 0.25) is 5.91 Å². The van der Waals surface area contributed by atoms with Crippen LogP contribution in [-0.2, 0) is 4.79 Å². The molecule has 170 valence electrons. The molecule has 1 heterocycles. The molecule has 6 nitrogen and oxygen atoms in total. The topological polar surface area (TPSA) is 66.0 Å². The number of amides is 1. The number of methoxy groups -OCH3 is 1. The van der Waals surface area contributed by atoms with E-state index in [0.29, 0.717) is 12.1 Å². The number of ether oxygens (including phenoxy) is 1. The van der Waals surface area contributed by atoms with Crippen molar-refractivity contribution in [3.05, 3.63) is 24.3 Å². The van der Waals surface area contributed by atoms with Gasteiger partial charge < -0.3 is 20.3 Å². The second-order valence-corrected chi connectivity index (χ2v) is 9.29. The summed E-state index contributed by atoms with van der Waals surface area (Å²) in [6.45, 7) is 0.895. The van der Waals surface area contributed by atoms with Crippen LogP contribution in [0.25, 0.3) is 0 Å². The molecule has 1 aromatic rings. The van der Waals surface area contributed by atoms with Crippen LogP contribution in [0.3, 0.4) is 0 Å².